The lowest BCUT2D eigenvalue weighted by Crippen LogP contribution is -2.23. The zero-order valence-corrected chi connectivity index (χ0v) is 12.3. The van der Waals surface area contributed by atoms with E-state index in [2.05, 4.69) is 10.5 Å². The standard InChI is InChI=1S/C14H15N3O3S/c1-19-8-11-6-12(17-20-11)14(18)16-7-9-2-4-10(5-3-9)13(15)21/h2-6H,7-8H2,1H3,(H2,15,21)(H,16,18). The van der Waals surface area contributed by atoms with Gasteiger partial charge in [0.25, 0.3) is 5.91 Å². The maximum Gasteiger partial charge on any atom is 0.273 e. The van der Waals surface area contributed by atoms with Crippen molar-refractivity contribution in [3.63, 3.8) is 0 Å². The number of ether oxygens (including phenoxy) is 1. The molecule has 7 heteroatoms. The molecule has 2 rings (SSSR count). The molecule has 0 bridgehead atoms. The SMILES string of the molecule is COCc1cc(C(=O)NCc2ccc(C(N)=S)cc2)no1. The second-order valence-electron chi connectivity index (χ2n) is 4.36. The van der Waals surface area contributed by atoms with Gasteiger partial charge in [-0.2, -0.15) is 0 Å². The van der Waals surface area contributed by atoms with Crippen molar-refractivity contribution in [1.82, 2.24) is 10.5 Å². The minimum atomic E-state index is -0.306. The van der Waals surface area contributed by atoms with Crippen LogP contribution in [0, 0.1) is 0 Å². The molecule has 0 fully saturated rings. The largest absolute Gasteiger partial charge is 0.389 e. The van der Waals surface area contributed by atoms with Crippen LogP contribution >= 0.6 is 12.2 Å². The number of nitrogens with one attached hydrogen (secondary N) is 1. The number of benzene rings is 1. The van der Waals surface area contributed by atoms with E-state index in [-0.39, 0.29) is 18.2 Å². The molecule has 1 aromatic heterocycles. The summed E-state index contributed by atoms with van der Waals surface area (Å²) in [7, 11) is 1.54. The van der Waals surface area contributed by atoms with Crippen molar-refractivity contribution in [3.8, 4) is 0 Å². The highest BCUT2D eigenvalue weighted by Gasteiger charge is 2.12. The van der Waals surface area contributed by atoms with Gasteiger partial charge in [-0.15, -0.1) is 0 Å². The molecule has 6 nitrogen and oxygen atoms in total. The highest BCUT2D eigenvalue weighted by molar-refractivity contribution is 7.80. The van der Waals surface area contributed by atoms with Crippen molar-refractivity contribution in [2.45, 2.75) is 13.2 Å². The van der Waals surface area contributed by atoms with Crippen molar-refractivity contribution in [2.24, 2.45) is 5.73 Å². The van der Waals surface area contributed by atoms with Gasteiger partial charge in [-0.3, -0.25) is 4.79 Å². The maximum absolute atomic E-state index is 11.9. The maximum atomic E-state index is 11.9. The molecule has 0 saturated carbocycles. The molecule has 0 spiro atoms. The van der Waals surface area contributed by atoms with Crippen LogP contribution < -0.4 is 11.1 Å². The van der Waals surface area contributed by atoms with Gasteiger partial charge in [-0.1, -0.05) is 41.6 Å². The van der Waals surface area contributed by atoms with Gasteiger partial charge in [0.2, 0.25) is 0 Å². The average molecular weight is 305 g/mol. The quantitative estimate of drug-likeness (QED) is 0.784. The molecule has 0 radical (unpaired) electrons. The monoisotopic (exact) mass is 305 g/mol. The number of methoxy groups -OCH3 is 1. The van der Waals surface area contributed by atoms with E-state index in [0.717, 1.165) is 11.1 Å². The summed E-state index contributed by atoms with van der Waals surface area (Å²) in [6, 6.07) is 8.89. The number of hydrogen-bond donors (Lipinski definition) is 2. The summed E-state index contributed by atoms with van der Waals surface area (Å²) in [4.78, 5) is 12.2. The Morgan fingerprint density at radius 2 is 2.14 bits per heavy atom. The minimum absolute atomic E-state index is 0.224. The van der Waals surface area contributed by atoms with Gasteiger partial charge in [0.05, 0.1) is 0 Å². The molecular formula is C14H15N3O3S. The van der Waals surface area contributed by atoms with E-state index in [1.165, 1.54) is 0 Å². The molecule has 1 amide bonds. The van der Waals surface area contributed by atoms with E-state index in [4.69, 9.17) is 27.2 Å². The van der Waals surface area contributed by atoms with Gasteiger partial charge in [-0.25, -0.2) is 0 Å². The van der Waals surface area contributed by atoms with Crippen molar-refractivity contribution < 1.29 is 14.1 Å². The highest BCUT2D eigenvalue weighted by Crippen LogP contribution is 2.07. The molecule has 2 aromatic rings. The second kappa shape index (κ2) is 6.96. The molecule has 1 aromatic carbocycles. The summed E-state index contributed by atoms with van der Waals surface area (Å²) in [6.07, 6.45) is 0. The molecule has 21 heavy (non-hydrogen) atoms. The predicted octanol–water partition coefficient (Wildman–Crippen LogP) is 1.39. The highest BCUT2D eigenvalue weighted by atomic mass is 32.1. The number of carbonyl (C=O) groups excluding carboxylic acids is 1. The van der Waals surface area contributed by atoms with Gasteiger partial charge < -0.3 is 20.3 Å². The fourth-order valence-electron chi connectivity index (χ4n) is 1.69. The molecule has 3 N–H and O–H groups in total. The predicted molar refractivity (Wildman–Crippen MR) is 80.7 cm³/mol. The van der Waals surface area contributed by atoms with Crippen LogP contribution in [0.25, 0.3) is 0 Å². The minimum Gasteiger partial charge on any atom is -0.389 e. The molecule has 110 valence electrons. The van der Waals surface area contributed by atoms with Crippen molar-refractivity contribution in [2.75, 3.05) is 7.11 Å². The van der Waals surface area contributed by atoms with Crippen LogP contribution in [0.2, 0.25) is 0 Å². The van der Waals surface area contributed by atoms with Gasteiger partial charge in [0.15, 0.2) is 11.5 Å². The van der Waals surface area contributed by atoms with Crippen LogP contribution in [-0.2, 0) is 17.9 Å². The van der Waals surface area contributed by atoms with Gasteiger partial charge >= 0.3 is 0 Å². The van der Waals surface area contributed by atoms with E-state index >= 15 is 0 Å². The fourth-order valence-corrected chi connectivity index (χ4v) is 1.83. The van der Waals surface area contributed by atoms with Crippen LogP contribution in [0.15, 0.2) is 34.9 Å². The van der Waals surface area contributed by atoms with Crippen LogP contribution in [0.3, 0.4) is 0 Å². The first-order chi connectivity index (χ1) is 10.1. The molecule has 0 unspecified atom stereocenters. The average Bonchev–Trinajstić information content (AvgIpc) is 2.94. The van der Waals surface area contributed by atoms with Crippen LogP contribution in [-0.4, -0.2) is 23.2 Å². The number of rotatable bonds is 6. The Kier molecular flexibility index (Phi) is 5.02. The lowest BCUT2D eigenvalue weighted by Gasteiger charge is -2.04. The summed E-state index contributed by atoms with van der Waals surface area (Å²) >= 11 is 4.88. The Bertz CT molecular complexity index is 637. The smallest absolute Gasteiger partial charge is 0.273 e. The first-order valence-electron chi connectivity index (χ1n) is 6.21. The zero-order chi connectivity index (χ0) is 15.2. The van der Waals surface area contributed by atoms with Crippen LogP contribution in [0.4, 0.5) is 0 Å². The zero-order valence-electron chi connectivity index (χ0n) is 11.5. The topological polar surface area (TPSA) is 90.4 Å². The van der Waals surface area contributed by atoms with Gasteiger partial charge in [0.1, 0.15) is 11.6 Å². The lowest BCUT2D eigenvalue weighted by molar-refractivity contribution is 0.0941. The third-order valence-corrected chi connectivity index (χ3v) is 3.01. The van der Waals surface area contributed by atoms with E-state index in [0.29, 0.717) is 17.3 Å². The van der Waals surface area contributed by atoms with E-state index in [1.807, 2.05) is 24.3 Å². The number of hydrogen-bond acceptors (Lipinski definition) is 5. The van der Waals surface area contributed by atoms with Crippen LogP contribution in [0.5, 0.6) is 0 Å². The first kappa shape index (κ1) is 15.1. The summed E-state index contributed by atoms with van der Waals surface area (Å²) < 4.78 is 9.85. The molecule has 0 aliphatic carbocycles. The number of aromatic nitrogens is 1. The molecule has 0 saturated heterocycles. The number of nitrogens with zero attached hydrogens (tertiary/aromatic N) is 1. The molecular weight excluding hydrogens is 290 g/mol. The van der Waals surface area contributed by atoms with E-state index in [9.17, 15) is 4.79 Å². The van der Waals surface area contributed by atoms with Gasteiger partial charge in [0, 0.05) is 25.3 Å². The summed E-state index contributed by atoms with van der Waals surface area (Å²) in [5.74, 6) is 0.197. The Labute approximate surface area is 127 Å². The van der Waals surface area contributed by atoms with Crippen LogP contribution in [0.1, 0.15) is 27.4 Å². The lowest BCUT2D eigenvalue weighted by atomic mass is 10.1. The van der Waals surface area contributed by atoms with E-state index < -0.39 is 0 Å². The normalized spacial score (nSPS) is 10.3. The number of carbonyl (C=O) groups is 1. The summed E-state index contributed by atoms with van der Waals surface area (Å²) in [5.41, 5.74) is 7.47. The summed E-state index contributed by atoms with van der Waals surface area (Å²) in [6.45, 7) is 0.656. The summed E-state index contributed by atoms with van der Waals surface area (Å²) in [5, 5.41) is 6.44. The third kappa shape index (κ3) is 4.11. The Hall–Kier alpha value is -2.25. The molecule has 0 aliphatic rings. The molecule has 1 heterocycles. The fraction of sp³-hybridized carbons (Fsp3) is 0.214. The van der Waals surface area contributed by atoms with Crippen molar-refractivity contribution in [3.05, 3.63) is 52.9 Å². The van der Waals surface area contributed by atoms with E-state index in [1.54, 1.807) is 13.2 Å². The Balaban J connectivity index is 1.92. The Morgan fingerprint density at radius 3 is 2.76 bits per heavy atom. The number of amides is 1. The Morgan fingerprint density at radius 1 is 1.43 bits per heavy atom. The third-order valence-electron chi connectivity index (χ3n) is 2.77. The van der Waals surface area contributed by atoms with Crippen molar-refractivity contribution in [1.29, 1.82) is 0 Å². The van der Waals surface area contributed by atoms with Gasteiger partial charge in [-0.05, 0) is 5.56 Å². The second-order valence-corrected chi connectivity index (χ2v) is 4.80. The van der Waals surface area contributed by atoms with Crippen molar-refractivity contribution >= 4 is 23.1 Å². The molecule has 0 atom stereocenters. The first-order valence-corrected chi connectivity index (χ1v) is 6.62. The number of thiocarbonyl (C=S) groups is 1. The number of nitrogens with two attached hydrogens (primary N) is 1. The molecule has 0 aliphatic heterocycles.